The van der Waals surface area contributed by atoms with Crippen molar-refractivity contribution in [1.29, 1.82) is 0 Å². The summed E-state index contributed by atoms with van der Waals surface area (Å²) in [5.74, 6) is 0. The van der Waals surface area contributed by atoms with E-state index in [0.29, 0.717) is 6.04 Å². The molecule has 0 amide bonds. The molecule has 0 fully saturated rings. The quantitative estimate of drug-likeness (QED) is 0.690. The highest BCUT2D eigenvalue weighted by Crippen LogP contribution is 2.22. The van der Waals surface area contributed by atoms with Gasteiger partial charge in [0.1, 0.15) is 0 Å². The zero-order chi connectivity index (χ0) is 19.0. The van der Waals surface area contributed by atoms with Crippen molar-refractivity contribution in [3.63, 3.8) is 0 Å². The highest BCUT2D eigenvalue weighted by atomic mass is 15.3. The molecule has 3 aromatic rings. The Bertz CT molecular complexity index is 920. The van der Waals surface area contributed by atoms with Crippen LogP contribution in [0.15, 0.2) is 36.4 Å². The van der Waals surface area contributed by atoms with Gasteiger partial charge in [-0.15, -0.1) is 0 Å². The van der Waals surface area contributed by atoms with Gasteiger partial charge in [-0.3, -0.25) is 14.3 Å². The predicted octanol–water partition coefficient (Wildman–Crippen LogP) is 3.88. The summed E-state index contributed by atoms with van der Waals surface area (Å²) in [6.07, 6.45) is 0.903. The van der Waals surface area contributed by atoms with Gasteiger partial charge in [-0.25, -0.2) is 0 Å². The lowest BCUT2D eigenvalue weighted by Crippen LogP contribution is -2.33. The van der Waals surface area contributed by atoms with Gasteiger partial charge >= 0.3 is 0 Å². The van der Waals surface area contributed by atoms with Gasteiger partial charge in [-0.05, 0) is 39.3 Å². The molecule has 0 aliphatic carbocycles. The molecule has 0 radical (unpaired) electrons. The Morgan fingerprint density at radius 3 is 2.52 bits per heavy atom. The van der Waals surface area contributed by atoms with Crippen LogP contribution in [0.3, 0.4) is 0 Å². The molecule has 27 heavy (non-hydrogen) atoms. The SMILES string of the molecule is Cc1nn(C(C)C)c(C)c1CN1CCn2nc(Cc3ccccc3)cc2C1. The Kier molecular flexibility index (Phi) is 4.87. The van der Waals surface area contributed by atoms with Crippen molar-refractivity contribution in [2.24, 2.45) is 0 Å². The van der Waals surface area contributed by atoms with E-state index in [2.05, 4.69) is 78.4 Å². The molecule has 0 saturated carbocycles. The number of aryl methyl sites for hydroxylation is 1. The summed E-state index contributed by atoms with van der Waals surface area (Å²) in [4.78, 5) is 2.52. The van der Waals surface area contributed by atoms with Crippen LogP contribution in [-0.4, -0.2) is 31.0 Å². The summed E-state index contributed by atoms with van der Waals surface area (Å²) in [5.41, 5.74) is 7.63. The molecule has 0 N–H and O–H groups in total. The smallest absolute Gasteiger partial charge is 0.0671 e. The maximum atomic E-state index is 4.82. The minimum absolute atomic E-state index is 0.404. The van der Waals surface area contributed by atoms with Crippen molar-refractivity contribution in [3.8, 4) is 0 Å². The maximum absolute atomic E-state index is 4.82. The summed E-state index contributed by atoms with van der Waals surface area (Å²) in [6.45, 7) is 12.6. The lowest BCUT2D eigenvalue weighted by molar-refractivity contribution is 0.204. The van der Waals surface area contributed by atoms with E-state index < -0.39 is 0 Å². The third-order valence-corrected chi connectivity index (χ3v) is 5.50. The topological polar surface area (TPSA) is 38.9 Å². The van der Waals surface area contributed by atoms with E-state index >= 15 is 0 Å². The molecule has 1 aromatic carbocycles. The lowest BCUT2D eigenvalue weighted by Gasteiger charge is -2.27. The largest absolute Gasteiger partial charge is 0.291 e. The highest BCUT2D eigenvalue weighted by Gasteiger charge is 2.22. The molecule has 0 spiro atoms. The Hall–Kier alpha value is -2.40. The molecule has 5 nitrogen and oxygen atoms in total. The van der Waals surface area contributed by atoms with E-state index in [1.165, 1.54) is 22.5 Å². The Morgan fingerprint density at radius 2 is 1.81 bits per heavy atom. The molecular formula is C22H29N5. The summed E-state index contributed by atoms with van der Waals surface area (Å²) in [5, 5.41) is 9.57. The Labute approximate surface area is 161 Å². The average molecular weight is 364 g/mol. The van der Waals surface area contributed by atoms with E-state index in [0.717, 1.165) is 44.0 Å². The van der Waals surface area contributed by atoms with E-state index in [4.69, 9.17) is 10.2 Å². The number of aromatic nitrogens is 4. The second-order valence-corrected chi connectivity index (χ2v) is 7.91. The zero-order valence-electron chi connectivity index (χ0n) is 16.8. The van der Waals surface area contributed by atoms with Crippen LogP contribution in [0, 0.1) is 13.8 Å². The van der Waals surface area contributed by atoms with Gasteiger partial charge in [0, 0.05) is 43.4 Å². The molecular weight excluding hydrogens is 334 g/mol. The normalized spacial score (nSPS) is 14.7. The molecule has 4 rings (SSSR count). The molecule has 1 aliphatic rings. The molecule has 0 atom stereocenters. The Morgan fingerprint density at radius 1 is 1.04 bits per heavy atom. The van der Waals surface area contributed by atoms with Crippen molar-refractivity contribution >= 4 is 0 Å². The monoisotopic (exact) mass is 363 g/mol. The summed E-state index contributed by atoms with van der Waals surface area (Å²) in [6, 6.07) is 13.3. The van der Waals surface area contributed by atoms with Crippen LogP contribution >= 0.6 is 0 Å². The van der Waals surface area contributed by atoms with E-state index in [1.807, 2.05) is 0 Å². The number of hydrogen-bond donors (Lipinski definition) is 0. The number of benzene rings is 1. The van der Waals surface area contributed by atoms with Gasteiger partial charge in [0.25, 0.3) is 0 Å². The number of fused-ring (bicyclic) bond motifs is 1. The highest BCUT2D eigenvalue weighted by molar-refractivity contribution is 5.26. The molecule has 0 saturated heterocycles. The summed E-state index contributed by atoms with van der Waals surface area (Å²) in [7, 11) is 0. The van der Waals surface area contributed by atoms with Gasteiger partial charge in [0.15, 0.2) is 0 Å². The third-order valence-electron chi connectivity index (χ3n) is 5.50. The van der Waals surface area contributed by atoms with Crippen LogP contribution in [0.1, 0.15) is 53.8 Å². The standard InChI is InChI=1S/C22H29N5/c1-16(2)27-18(4)22(17(3)23-27)15-25-10-11-26-21(14-25)13-20(24-26)12-19-8-6-5-7-9-19/h5-9,13,16H,10-12,14-15H2,1-4H3. The first-order valence-electron chi connectivity index (χ1n) is 9.87. The fraction of sp³-hybridized carbons (Fsp3) is 0.455. The number of rotatable bonds is 5. The van der Waals surface area contributed by atoms with E-state index in [9.17, 15) is 0 Å². The van der Waals surface area contributed by atoms with Crippen LogP contribution in [0.25, 0.3) is 0 Å². The minimum atomic E-state index is 0.404. The van der Waals surface area contributed by atoms with Crippen molar-refractivity contribution in [1.82, 2.24) is 24.5 Å². The molecule has 0 unspecified atom stereocenters. The van der Waals surface area contributed by atoms with Crippen molar-refractivity contribution in [2.45, 2.75) is 59.8 Å². The van der Waals surface area contributed by atoms with Gasteiger partial charge in [-0.1, -0.05) is 30.3 Å². The third kappa shape index (κ3) is 3.69. The molecule has 5 heteroatoms. The van der Waals surface area contributed by atoms with Crippen molar-refractivity contribution in [2.75, 3.05) is 6.54 Å². The molecule has 1 aliphatic heterocycles. The van der Waals surface area contributed by atoms with Crippen LogP contribution in [0.2, 0.25) is 0 Å². The average Bonchev–Trinajstić information content (AvgIpc) is 3.17. The fourth-order valence-electron chi connectivity index (χ4n) is 4.06. The van der Waals surface area contributed by atoms with Crippen LogP contribution in [0.5, 0.6) is 0 Å². The first-order chi connectivity index (χ1) is 13.0. The molecule has 142 valence electrons. The van der Waals surface area contributed by atoms with Gasteiger partial charge < -0.3 is 0 Å². The lowest BCUT2D eigenvalue weighted by atomic mass is 10.1. The van der Waals surface area contributed by atoms with Gasteiger partial charge in [0.05, 0.1) is 23.6 Å². The van der Waals surface area contributed by atoms with Crippen LogP contribution < -0.4 is 0 Å². The zero-order valence-corrected chi connectivity index (χ0v) is 16.8. The fourth-order valence-corrected chi connectivity index (χ4v) is 4.06. The van der Waals surface area contributed by atoms with Crippen molar-refractivity contribution in [3.05, 3.63) is 70.3 Å². The van der Waals surface area contributed by atoms with E-state index in [1.54, 1.807) is 0 Å². The first-order valence-corrected chi connectivity index (χ1v) is 9.87. The second-order valence-electron chi connectivity index (χ2n) is 7.91. The second kappa shape index (κ2) is 7.31. The number of hydrogen-bond acceptors (Lipinski definition) is 3. The predicted molar refractivity (Wildman–Crippen MR) is 108 cm³/mol. The summed E-state index contributed by atoms with van der Waals surface area (Å²) >= 11 is 0. The molecule has 0 bridgehead atoms. The van der Waals surface area contributed by atoms with Crippen LogP contribution in [0.4, 0.5) is 0 Å². The van der Waals surface area contributed by atoms with Gasteiger partial charge in [-0.2, -0.15) is 10.2 Å². The number of nitrogens with zero attached hydrogens (tertiary/aromatic N) is 5. The van der Waals surface area contributed by atoms with Crippen molar-refractivity contribution < 1.29 is 0 Å². The maximum Gasteiger partial charge on any atom is 0.0671 e. The molecule has 2 aromatic heterocycles. The van der Waals surface area contributed by atoms with Gasteiger partial charge in [0.2, 0.25) is 0 Å². The molecule has 3 heterocycles. The summed E-state index contributed by atoms with van der Waals surface area (Å²) < 4.78 is 4.34. The minimum Gasteiger partial charge on any atom is -0.291 e. The van der Waals surface area contributed by atoms with Crippen LogP contribution in [-0.2, 0) is 26.1 Å². The first kappa shape index (κ1) is 18.0. The van der Waals surface area contributed by atoms with E-state index in [-0.39, 0.29) is 0 Å². The Balaban J connectivity index is 1.48.